The average molecular weight is 460 g/mol. The Labute approximate surface area is 179 Å². The molecule has 1 aromatic carbocycles. The van der Waals surface area contributed by atoms with Crippen LogP contribution in [0, 0.1) is 5.82 Å². The Kier molecular flexibility index (Phi) is 5.31. The van der Waals surface area contributed by atoms with E-state index in [0.717, 1.165) is 48.2 Å². The lowest BCUT2D eigenvalue weighted by atomic mass is 10.0. The molecule has 158 valence electrons. The van der Waals surface area contributed by atoms with Gasteiger partial charge in [0, 0.05) is 18.8 Å². The maximum Gasteiger partial charge on any atom is 0.421 e. The molecular weight excluding hydrogens is 446 g/mol. The minimum Gasteiger partial charge on any atom is -0.437 e. The topological polar surface area (TPSA) is 45.7 Å². The first-order valence-electron chi connectivity index (χ1n) is 9.02. The number of hydrogen-bond donors (Lipinski definition) is 0. The molecule has 2 aliphatic rings. The number of piperidine rings is 1. The van der Waals surface area contributed by atoms with Crippen LogP contribution >= 0.6 is 23.8 Å². The summed E-state index contributed by atoms with van der Waals surface area (Å²) >= 11 is 11.4. The average Bonchev–Trinajstić information content (AvgIpc) is 2.95. The number of alkyl halides is 3. The molecule has 0 N–H and O–H groups in total. The number of carbonyl (C=O) groups is 1. The fraction of sp³-hybridized carbons (Fsp3) is 0.316. The Bertz CT molecular complexity index is 1010. The fourth-order valence-electron chi connectivity index (χ4n) is 3.57. The third-order valence-corrected chi connectivity index (χ3v) is 5.68. The molecule has 2 aromatic rings. The second kappa shape index (κ2) is 7.66. The van der Waals surface area contributed by atoms with Gasteiger partial charge in [0.15, 0.2) is 5.11 Å². The predicted octanol–water partition coefficient (Wildman–Crippen LogP) is 5.17. The van der Waals surface area contributed by atoms with Crippen molar-refractivity contribution in [2.45, 2.75) is 31.5 Å². The normalized spacial score (nSPS) is 19.3. The summed E-state index contributed by atoms with van der Waals surface area (Å²) in [7, 11) is 0. The van der Waals surface area contributed by atoms with E-state index in [4.69, 9.17) is 28.6 Å². The third kappa shape index (κ3) is 3.58. The van der Waals surface area contributed by atoms with Gasteiger partial charge in [0.05, 0.1) is 10.7 Å². The molecule has 0 aliphatic carbocycles. The highest BCUT2D eigenvalue weighted by Crippen LogP contribution is 2.41. The van der Waals surface area contributed by atoms with E-state index in [1.54, 1.807) is 4.90 Å². The van der Waals surface area contributed by atoms with E-state index >= 15 is 0 Å². The van der Waals surface area contributed by atoms with Crippen LogP contribution in [0.1, 0.15) is 24.8 Å². The Morgan fingerprint density at radius 3 is 2.73 bits per heavy atom. The number of aromatic nitrogens is 1. The Balaban J connectivity index is 1.73. The van der Waals surface area contributed by atoms with Crippen LogP contribution < -0.4 is 9.64 Å². The van der Waals surface area contributed by atoms with Gasteiger partial charge in [-0.2, -0.15) is 13.2 Å². The van der Waals surface area contributed by atoms with Crippen molar-refractivity contribution in [2.75, 3.05) is 11.4 Å². The van der Waals surface area contributed by atoms with E-state index in [2.05, 4.69) is 4.98 Å². The number of thiocarbonyl (C=S) groups is 1. The van der Waals surface area contributed by atoms with Crippen LogP contribution in [0.4, 0.5) is 23.2 Å². The zero-order valence-electron chi connectivity index (χ0n) is 15.2. The van der Waals surface area contributed by atoms with Gasteiger partial charge in [-0.1, -0.05) is 11.6 Å². The molecule has 30 heavy (non-hydrogen) atoms. The quantitative estimate of drug-likeness (QED) is 0.468. The molecule has 2 aliphatic heterocycles. The van der Waals surface area contributed by atoms with Crippen LogP contribution in [0.3, 0.4) is 0 Å². The van der Waals surface area contributed by atoms with Crippen LogP contribution in [0.5, 0.6) is 11.6 Å². The molecule has 3 heterocycles. The van der Waals surface area contributed by atoms with Gasteiger partial charge in [-0.05, 0) is 49.7 Å². The first-order valence-corrected chi connectivity index (χ1v) is 9.81. The number of benzene rings is 1. The largest absolute Gasteiger partial charge is 0.437 e. The van der Waals surface area contributed by atoms with Crippen molar-refractivity contribution < 1.29 is 27.1 Å². The van der Waals surface area contributed by atoms with E-state index < -0.39 is 29.5 Å². The monoisotopic (exact) mass is 459 g/mol. The van der Waals surface area contributed by atoms with E-state index in [-0.39, 0.29) is 27.5 Å². The highest BCUT2D eigenvalue weighted by Gasteiger charge is 2.45. The SMILES string of the molecule is O=C1[C@H]2CCCCN2C(=S)N1c1cc(Oc2ncccc2C(F)(F)F)c(Cl)cc1F. The van der Waals surface area contributed by atoms with Crippen molar-refractivity contribution in [2.24, 2.45) is 0 Å². The fourth-order valence-corrected chi connectivity index (χ4v) is 4.17. The number of anilines is 1. The number of carbonyl (C=O) groups excluding carboxylic acids is 1. The van der Waals surface area contributed by atoms with Crippen molar-refractivity contribution >= 4 is 40.5 Å². The Morgan fingerprint density at radius 1 is 1.27 bits per heavy atom. The smallest absolute Gasteiger partial charge is 0.421 e. The summed E-state index contributed by atoms with van der Waals surface area (Å²) in [4.78, 5) is 19.2. The summed E-state index contributed by atoms with van der Waals surface area (Å²) < 4.78 is 59.7. The van der Waals surface area contributed by atoms with Crippen LogP contribution in [0.25, 0.3) is 0 Å². The third-order valence-electron chi connectivity index (χ3n) is 4.97. The highest BCUT2D eigenvalue weighted by molar-refractivity contribution is 7.80. The Hall–Kier alpha value is -2.46. The summed E-state index contributed by atoms with van der Waals surface area (Å²) in [5.41, 5.74) is -1.35. The Morgan fingerprint density at radius 2 is 2.03 bits per heavy atom. The van der Waals surface area contributed by atoms with Gasteiger partial charge in [0.2, 0.25) is 5.88 Å². The number of nitrogens with zero attached hydrogens (tertiary/aromatic N) is 3. The summed E-state index contributed by atoms with van der Waals surface area (Å²) in [6, 6.07) is 3.38. The van der Waals surface area contributed by atoms with Gasteiger partial charge >= 0.3 is 6.18 Å². The van der Waals surface area contributed by atoms with Crippen molar-refractivity contribution in [1.82, 2.24) is 9.88 Å². The highest BCUT2D eigenvalue weighted by atomic mass is 35.5. The molecule has 11 heteroatoms. The van der Waals surface area contributed by atoms with Crippen molar-refractivity contribution in [3.05, 3.63) is 46.9 Å². The molecule has 0 spiro atoms. The lowest BCUT2D eigenvalue weighted by molar-refractivity contribution is -0.138. The van der Waals surface area contributed by atoms with Gasteiger partial charge in [-0.15, -0.1) is 0 Å². The molecule has 0 bridgehead atoms. The molecule has 4 rings (SSSR count). The summed E-state index contributed by atoms with van der Waals surface area (Å²) in [5.74, 6) is -2.25. The molecule has 0 radical (unpaired) electrons. The second-order valence-corrected chi connectivity index (χ2v) is 7.62. The lowest BCUT2D eigenvalue weighted by Gasteiger charge is -2.27. The molecule has 1 aromatic heterocycles. The van der Waals surface area contributed by atoms with E-state index in [1.807, 2.05) is 0 Å². The first kappa shape index (κ1) is 20.8. The van der Waals surface area contributed by atoms with Gasteiger partial charge < -0.3 is 9.64 Å². The molecule has 0 unspecified atom stereocenters. The van der Waals surface area contributed by atoms with Gasteiger partial charge in [0.25, 0.3) is 5.91 Å². The molecule has 1 atom stereocenters. The summed E-state index contributed by atoms with van der Waals surface area (Å²) in [5, 5.41) is -0.129. The predicted molar refractivity (Wildman–Crippen MR) is 105 cm³/mol. The number of hydrogen-bond acceptors (Lipinski definition) is 4. The number of amides is 1. The minimum absolute atomic E-state index is 0.144. The van der Waals surface area contributed by atoms with Crippen LogP contribution in [0.2, 0.25) is 5.02 Å². The van der Waals surface area contributed by atoms with Crippen LogP contribution in [0.15, 0.2) is 30.5 Å². The van der Waals surface area contributed by atoms with Crippen LogP contribution in [-0.2, 0) is 11.0 Å². The standard InChI is InChI=1S/C19H14ClF4N3O2S/c20-11-8-12(21)14(27-17(28)13-5-1-2-7-26(13)18(27)30)9-15(11)29-16-10(19(22,23)24)4-3-6-25-16/h3-4,6,8-9,13H,1-2,5,7H2/t13-/m1/s1. The van der Waals surface area contributed by atoms with Crippen molar-refractivity contribution in [3.8, 4) is 11.6 Å². The summed E-state index contributed by atoms with van der Waals surface area (Å²) in [6.45, 7) is 0.577. The van der Waals surface area contributed by atoms with Crippen molar-refractivity contribution in [1.29, 1.82) is 0 Å². The summed E-state index contributed by atoms with van der Waals surface area (Å²) in [6.07, 6.45) is -1.29. The maximum atomic E-state index is 14.7. The lowest BCUT2D eigenvalue weighted by Crippen LogP contribution is -2.38. The number of ether oxygens (including phenoxy) is 1. The molecule has 2 fully saturated rings. The molecule has 1 amide bonds. The van der Waals surface area contributed by atoms with Crippen molar-refractivity contribution in [3.63, 3.8) is 0 Å². The maximum absolute atomic E-state index is 14.7. The number of rotatable bonds is 3. The second-order valence-electron chi connectivity index (χ2n) is 6.85. The molecular formula is C19H14ClF4N3O2S. The molecule has 2 saturated heterocycles. The number of halogens is 5. The van der Waals surface area contributed by atoms with E-state index in [9.17, 15) is 22.4 Å². The van der Waals surface area contributed by atoms with Crippen LogP contribution in [-0.4, -0.2) is 33.5 Å². The molecule has 0 saturated carbocycles. The van der Waals surface area contributed by atoms with Gasteiger partial charge in [-0.3, -0.25) is 9.69 Å². The zero-order chi connectivity index (χ0) is 21.6. The first-order chi connectivity index (χ1) is 14.2. The van der Waals surface area contributed by atoms with E-state index in [1.165, 1.54) is 0 Å². The zero-order valence-corrected chi connectivity index (χ0v) is 16.8. The number of fused-ring (bicyclic) bond motifs is 1. The minimum atomic E-state index is -4.71. The van der Waals surface area contributed by atoms with Gasteiger partial charge in [-0.25, -0.2) is 9.37 Å². The van der Waals surface area contributed by atoms with Gasteiger partial charge in [0.1, 0.15) is 23.2 Å². The molecule has 5 nitrogen and oxygen atoms in total. The number of pyridine rings is 1. The van der Waals surface area contributed by atoms with E-state index in [0.29, 0.717) is 13.0 Å².